The van der Waals surface area contributed by atoms with E-state index in [2.05, 4.69) is 6.92 Å². The summed E-state index contributed by atoms with van der Waals surface area (Å²) in [6, 6.07) is 6.28. The van der Waals surface area contributed by atoms with E-state index in [9.17, 15) is 14.9 Å². The summed E-state index contributed by atoms with van der Waals surface area (Å²) in [6.07, 6.45) is 2.32. The molecule has 0 N–H and O–H groups in total. The van der Waals surface area contributed by atoms with E-state index in [0.717, 1.165) is 24.0 Å². The van der Waals surface area contributed by atoms with Crippen LogP contribution in [0.1, 0.15) is 25.3 Å². The third-order valence-electron chi connectivity index (χ3n) is 3.58. The smallest absolute Gasteiger partial charge is 0.334 e. The number of nitro groups is 1. The Kier molecular flexibility index (Phi) is 4.17. The summed E-state index contributed by atoms with van der Waals surface area (Å²) in [7, 11) is 1.38. The summed E-state index contributed by atoms with van der Waals surface area (Å²) >= 11 is 0. The molecule has 20 heavy (non-hydrogen) atoms. The molecule has 1 aliphatic carbocycles. The van der Waals surface area contributed by atoms with Gasteiger partial charge in [0.1, 0.15) is 0 Å². The Balaban J connectivity index is 2.18. The third kappa shape index (κ3) is 3.04. The number of ether oxygens (including phenoxy) is 1. The van der Waals surface area contributed by atoms with Crippen molar-refractivity contribution in [3.05, 3.63) is 51.1 Å². The van der Waals surface area contributed by atoms with Crippen molar-refractivity contribution in [3.63, 3.8) is 0 Å². The van der Waals surface area contributed by atoms with Crippen LogP contribution in [0.3, 0.4) is 0 Å². The number of hydrogen-bond donors (Lipinski definition) is 0. The first-order valence-electron chi connectivity index (χ1n) is 6.53. The van der Waals surface area contributed by atoms with Crippen LogP contribution in [0.4, 0.5) is 5.69 Å². The molecule has 5 heteroatoms. The van der Waals surface area contributed by atoms with Crippen LogP contribution in [-0.4, -0.2) is 18.0 Å². The maximum absolute atomic E-state index is 11.8. The molecule has 5 nitrogen and oxygen atoms in total. The van der Waals surface area contributed by atoms with Crippen molar-refractivity contribution in [2.24, 2.45) is 5.92 Å². The first-order valence-corrected chi connectivity index (χ1v) is 6.53. The standard InChI is InChI=1S/C15H17NO4/c1-10-7-12(8-10)14(15(17)20-2)9-11-3-5-13(6-4-11)16(18)19/h3-6,10H,7-9H2,1-2H3. The number of methoxy groups -OCH3 is 1. The zero-order chi connectivity index (χ0) is 14.7. The van der Waals surface area contributed by atoms with Crippen molar-refractivity contribution < 1.29 is 14.5 Å². The van der Waals surface area contributed by atoms with Crippen molar-refractivity contribution in [3.8, 4) is 0 Å². The number of nitrogens with zero attached hydrogens (tertiary/aromatic N) is 1. The van der Waals surface area contributed by atoms with Crippen LogP contribution < -0.4 is 0 Å². The lowest BCUT2D eigenvalue weighted by Crippen LogP contribution is -2.19. The van der Waals surface area contributed by atoms with Gasteiger partial charge in [0.25, 0.3) is 5.69 Å². The quantitative estimate of drug-likeness (QED) is 0.366. The fourth-order valence-corrected chi connectivity index (χ4v) is 2.43. The van der Waals surface area contributed by atoms with E-state index >= 15 is 0 Å². The van der Waals surface area contributed by atoms with Crippen molar-refractivity contribution in [1.29, 1.82) is 0 Å². The largest absolute Gasteiger partial charge is 0.466 e. The average Bonchev–Trinajstić information content (AvgIpc) is 2.41. The molecule has 1 aromatic carbocycles. The number of rotatable bonds is 4. The zero-order valence-corrected chi connectivity index (χ0v) is 11.6. The van der Waals surface area contributed by atoms with Gasteiger partial charge in [-0.2, -0.15) is 0 Å². The molecule has 1 fully saturated rings. The van der Waals surface area contributed by atoms with Crippen molar-refractivity contribution in [2.75, 3.05) is 7.11 Å². The van der Waals surface area contributed by atoms with Gasteiger partial charge in [-0.1, -0.05) is 24.6 Å². The average molecular weight is 275 g/mol. The molecule has 0 amide bonds. The van der Waals surface area contributed by atoms with Crippen LogP contribution in [0.5, 0.6) is 0 Å². The van der Waals surface area contributed by atoms with E-state index in [4.69, 9.17) is 4.74 Å². The molecule has 0 spiro atoms. The van der Waals surface area contributed by atoms with Gasteiger partial charge in [0.05, 0.1) is 12.0 Å². The Labute approximate surface area is 117 Å². The van der Waals surface area contributed by atoms with Crippen LogP contribution in [0, 0.1) is 16.0 Å². The Morgan fingerprint density at radius 1 is 1.35 bits per heavy atom. The molecular formula is C15H17NO4. The lowest BCUT2D eigenvalue weighted by Gasteiger charge is -2.28. The van der Waals surface area contributed by atoms with E-state index in [0.29, 0.717) is 17.9 Å². The summed E-state index contributed by atoms with van der Waals surface area (Å²) in [5, 5.41) is 10.6. The second-order valence-corrected chi connectivity index (χ2v) is 5.19. The fraction of sp³-hybridized carbons (Fsp3) is 0.400. The number of carbonyl (C=O) groups is 1. The Hall–Kier alpha value is -2.17. The summed E-state index contributed by atoms with van der Waals surface area (Å²) in [6.45, 7) is 2.14. The molecule has 1 aliphatic rings. The van der Waals surface area contributed by atoms with Gasteiger partial charge in [0.15, 0.2) is 0 Å². The molecule has 1 aromatic rings. The van der Waals surface area contributed by atoms with Crippen molar-refractivity contribution >= 4 is 11.7 Å². The van der Waals surface area contributed by atoms with E-state index in [1.54, 1.807) is 12.1 Å². The van der Waals surface area contributed by atoms with Crippen molar-refractivity contribution in [2.45, 2.75) is 26.2 Å². The molecule has 0 atom stereocenters. The van der Waals surface area contributed by atoms with Crippen molar-refractivity contribution in [1.82, 2.24) is 0 Å². The van der Waals surface area contributed by atoms with Gasteiger partial charge < -0.3 is 4.74 Å². The monoisotopic (exact) mass is 275 g/mol. The van der Waals surface area contributed by atoms with Crippen LogP contribution >= 0.6 is 0 Å². The summed E-state index contributed by atoms with van der Waals surface area (Å²) in [5.74, 6) is 0.312. The molecular weight excluding hydrogens is 258 g/mol. The molecule has 0 unspecified atom stereocenters. The number of benzene rings is 1. The van der Waals surface area contributed by atoms with E-state index in [1.807, 2.05) is 0 Å². The van der Waals surface area contributed by atoms with Gasteiger partial charge in [0, 0.05) is 24.1 Å². The molecule has 2 rings (SSSR count). The second-order valence-electron chi connectivity index (χ2n) is 5.19. The van der Waals surface area contributed by atoms with Crippen LogP contribution in [0.2, 0.25) is 0 Å². The Morgan fingerprint density at radius 2 is 1.95 bits per heavy atom. The number of allylic oxidation sites excluding steroid dienone is 1. The SMILES string of the molecule is COC(=O)C(Cc1ccc([N+](=O)[O-])cc1)=C1CC(C)C1. The summed E-state index contributed by atoms with van der Waals surface area (Å²) in [4.78, 5) is 22.0. The highest BCUT2D eigenvalue weighted by Crippen LogP contribution is 2.36. The molecule has 0 aromatic heterocycles. The van der Waals surface area contributed by atoms with Gasteiger partial charge in [-0.05, 0) is 24.3 Å². The minimum Gasteiger partial charge on any atom is -0.466 e. The van der Waals surface area contributed by atoms with Gasteiger partial charge in [-0.25, -0.2) is 4.79 Å². The number of carbonyl (C=O) groups excluding carboxylic acids is 1. The minimum absolute atomic E-state index is 0.0540. The van der Waals surface area contributed by atoms with Crippen LogP contribution in [-0.2, 0) is 16.0 Å². The van der Waals surface area contributed by atoms with Gasteiger partial charge in [-0.15, -0.1) is 0 Å². The Bertz CT molecular complexity index is 552. The number of hydrogen-bond acceptors (Lipinski definition) is 4. The van der Waals surface area contributed by atoms with Gasteiger partial charge >= 0.3 is 5.97 Å². The first kappa shape index (κ1) is 14.2. The number of non-ortho nitro benzene ring substituents is 1. The molecule has 0 radical (unpaired) electrons. The molecule has 0 bridgehead atoms. The molecule has 1 saturated carbocycles. The normalized spacial score (nSPS) is 17.3. The lowest BCUT2D eigenvalue weighted by atomic mass is 9.77. The molecule has 0 saturated heterocycles. The zero-order valence-electron chi connectivity index (χ0n) is 11.6. The third-order valence-corrected chi connectivity index (χ3v) is 3.58. The maximum atomic E-state index is 11.8. The molecule has 106 valence electrons. The highest BCUT2D eigenvalue weighted by atomic mass is 16.6. The van der Waals surface area contributed by atoms with E-state index in [-0.39, 0.29) is 11.7 Å². The fourth-order valence-electron chi connectivity index (χ4n) is 2.43. The Morgan fingerprint density at radius 3 is 2.40 bits per heavy atom. The summed E-state index contributed by atoms with van der Waals surface area (Å²) in [5.41, 5.74) is 2.77. The van der Waals surface area contributed by atoms with Crippen LogP contribution in [0.15, 0.2) is 35.4 Å². The predicted molar refractivity (Wildman–Crippen MR) is 74.2 cm³/mol. The summed E-state index contributed by atoms with van der Waals surface area (Å²) < 4.78 is 4.83. The maximum Gasteiger partial charge on any atom is 0.334 e. The molecule has 0 aliphatic heterocycles. The first-order chi connectivity index (χ1) is 9.51. The van der Waals surface area contributed by atoms with E-state index < -0.39 is 4.92 Å². The van der Waals surface area contributed by atoms with Gasteiger partial charge in [0.2, 0.25) is 0 Å². The van der Waals surface area contributed by atoms with Crippen LogP contribution in [0.25, 0.3) is 0 Å². The number of nitro benzene ring substituents is 1. The highest BCUT2D eigenvalue weighted by molar-refractivity contribution is 5.90. The molecule has 0 heterocycles. The highest BCUT2D eigenvalue weighted by Gasteiger charge is 2.26. The lowest BCUT2D eigenvalue weighted by molar-refractivity contribution is -0.384. The van der Waals surface area contributed by atoms with E-state index in [1.165, 1.54) is 19.2 Å². The number of esters is 1. The predicted octanol–water partition coefficient (Wildman–Crippen LogP) is 3.04. The topological polar surface area (TPSA) is 69.4 Å². The van der Waals surface area contributed by atoms with Gasteiger partial charge in [-0.3, -0.25) is 10.1 Å². The minimum atomic E-state index is -0.433. The second kappa shape index (κ2) is 5.86.